The van der Waals surface area contributed by atoms with E-state index >= 15 is 0 Å². The molecule has 0 bridgehead atoms. The van der Waals surface area contributed by atoms with Gasteiger partial charge in [0.25, 0.3) is 0 Å². The Morgan fingerprint density at radius 3 is 2.46 bits per heavy atom. The molecule has 3 aromatic rings. The van der Waals surface area contributed by atoms with E-state index in [-0.39, 0.29) is 12.2 Å². The highest BCUT2D eigenvalue weighted by Gasteiger charge is 2.24. The van der Waals surface area contributed by atoms with Gasteiger partial charge in [0.1, 0.15) is 5.82 Å². The second kappa shape index (κ2) is 6.99. The summed E-state index contributed by atoms with van der Waals surface area (Å²) in [5.74, 6) is -0.915. The van der Waals surface area contributed by atoms with Crippen LogP contribution in [0.5, 0.6) is 0 Å². The zero-order chi connectivity index (χ0) is 16.9. The highest BCUT2D eigenvalue weighted by molar-refractivity contribution is 5.72. The average Bonchev–Trinajstić information content (AvgIpc) is 3.03. The number of carbonyl (C=O) groups is 1. The molecule has 1 unspecified atom stereocenters. The van der Waals surface area contributed by atoms with Gasteiger partial charge in [-0.2, -0.15) is 0 Å². The molecule has 0 saturated heterocycles. The van der Waals surface area contributed by atoms with E-state index in [9.17, 15) is 14.3 Å². The molecule has 6 nitrogen and oxygen atoms in total. The number of carboxylic acid groups (broad SMARTS) is 1. The van der Waals surface area contributed by atoms with E-state index in [2.05, 4.69) is 15.5 Å². The Balaban J connectivity index is 1.85. The molecule has 7 heteroatoms. The van der Waals surface area contributed by atoms with Crippen LogP contribution in [0.3, 0.4) is 0 Å². The van der Waals surface area contributed by atoms with Gasteiger partial charge in [0, 0.05) is 12.8 Å². The Kier molecular flexibility index (Phi) is 4.60. The number of halogens is 1. The molecule has 1 heterocycles. The number of hydrogen-bond donors (Lipinski definition) is 1. The molecule has 24 heavy (non-hydrogen) atoms. The number of hydrogen-bond acceptors (Lipinski definition) is 4. The number of aliphatic carboxylic acids is 1. The molecular weight excluding hydrogens is 311 g/mol. The first-order valence-electron chi connectivity index (χ1n) is 7.41. The lowest BCUT2D eigenvalue weighted by atomic mass is 10.1. The third-order valence-electron chi connectivity index (χ3n) is 3.69. The van der Waals surface area contributed by atoms with Crippen LogP contribution in [0.4, 0.5) is 4.39 Å². The van der Waals surface area contributed by atoms with Crippen molar-refractivity contribution >= 4 is 5.97 Å². The maximum Gasteiger partial charge on any atom is 0.328 e. The van der Waals surface area contributed by atoms with Crippen molar-refractivity contribution in [2.24, 2.45) is 0 Å². The Morgan fingerprint density at radius 2 is 1.79 bits per heavy atom. The minimum atomic E-state index is -1.01. The van der Waals surface area contributed by atoms with E-state index in [1.165, 1.54) is 16.8 Å². The zero-order valence-corrected chi connectivity index (χ0v) is 12.7. The Labute approximate surface area is 137 Å². The SMILES string of the molecule is O=C(O)C(Cc1ccccc1)n1nnnc1Cc1ccc(F)cc1. The molecule has 122 valence electrons. The molecule has 1 aromatic heterocycles. The summed E-state index contributed by atoms with van der Waals surface area (Å²) in [7, 11) is 0. The first-order valence-corrected chi connectivity index (χ1v) is 7.41. The van der Waals surface area contributed by atoms with E-state index in [0.29, 0.717) is 12.2 Å². The van der Waals surface area contributed by atoms with Crippen molar-refractivity contribution in [1.82, 2.24) is 20.2 Å². The van der Waals surface area contributed by atoms with Crippen LogP contribution < -0.4 is 0 Å². The fraction of sp³-hybridized carbons (Fsp3) is 0.176. The number of aromatic nitrogens is 4. The molecule has 0 fully saturated rings. The van der Waals surface area contributed by atoms with E-state index in [1.807, 2.05) is 30.3 Å². The Hall–Kier alpha value is -3.09. The normalized spacial score (nSPS) is 12.0. The summed E-state index contributed by atoms with van der Waals surface area (Å²) in [6.07, 6.45) is 0.601. The average molecular weight is 326 g/mol. The quantitative estimate of drug-likeness (QED) is 0.751. The first kappa shape index (κ1) is 15.8. The van der Waals surface area contributed by atoms with Gasteiger partial charge in [-0.15, -0.1) is 5.10 Å². The monoisotopic (exact) mass is 326 g/mol. The maximum absolute atomic E-state index is 13.0. The van der Waals surface area contributed by atoms with Crippen molar-refractivity contribution in [1.29, 1.82) is 0 Å². The summed E-state index contributed by atoms with van der Waals surface area (Å²) < 4.78 is 14.3. The Bertz CT molecular complexity index is 818. The third-order valence-corrected chi connectivity index (χ3v) is 3.69. The number of benzene rings is 2. The first-order chi connectivity index (χ1) is 11.6. The van der Waals surface area contributed by atoms with Gasteiger partial charge in [-0.1, -0.05) is 42.5 Å². The van der Waals surface area contributed by atoms with Gasteiger partial charge < -0.3 is 5.11 Å². The van der Waals surface area contributed by atoms with E-state index in [4.69, 9.17) is 0 Å². The zero-order valence-electron chi connectivity index (χ0n) is 12.7. The highest BCUT2D eigenvalue weighted by Crippen LogP contribution is 2.17. The molecule has 0 amide bonds. The van der Waals surface area contributed by atoms with Gasteiger partial charge in [0.2, 0.25) is 0 Å². The maximum atomic E-state index is 13.0. The van der Waals surface area contributed by atoms with Crippen LogP contribution in [0.25, 0.3) is 0 Å². The van der Waals surface area contributed by atoms with Gasteiger partial charge >= 0.3 is 5.97 Å². The lowest BCUT2D eigenvalue weighted by molar-refractivity contribution is -0.141. The van der Waals surface area contributed by atoms with Gasteiger partial charge in [-0.25, -0.2) is 13.9 Å². The van der Waals surface area contributed by atoms with Crippen molar-refractivity contribution in [2.75, 3.05) is 0 Å². The molecule has 2 aromatic carbocycles. The predicted molar refractivity (Wildman–Crippen MR) is 83.8 cm³/mol. The summed E-state index contributed by atoms with van der Waals surface area (Å²) in [5.41, 5.74) is 1.68. The molecule has 0 radical (unpaired) electrons. The molecule has 0 spiro atoms. The topological polar surface area (TPSA) is 80.9 Å². The van der Waals surface area contributed by atoms with Gasteiger partial charge in [0.15, 0.2) is 11.9 Å². The van der Waals surface area contributed by atoms with Gasteiger partial charge in [-0.05, 0) is 33.7 Å². The molecule has 0 aliphatic carbocycles. The van der Waals surface area contributed by atoms with Gasteiger partial charge in [0.05, 0.1) is 0 Å². The van der Waals surface area contributed by atoms with E-state index in [1.54, 1.807) is 12.1 Å². The van der Waals surface area contributed by atoms with Crippen LogP contribution >= 0.6 is 0 Å². The summed E-state index contributed by atoms with van der Waals surface area (Å²) >= 11 is 0. The van der Waals surface area contributed by atoms with E-state index in [0.717, 1.165) is 11.1 Å². The summed E-state index contributed by atoms with van der Waals surface area (Å²) in [6, 6.07) is 14.3. The van der Waals surface area contributed by atoms with Crippen molar-refractivity contribution < 1.29 is 14.3 Å². The fourth-order valence-corrected chi connectivity index (χ4v) is 2.47. The molecule has 0 saturated carbocycles. The molecular formula is C17H15FN4O2. The number of carboxylic acids is 1. The smallest absolute Gasteiger partial charge is 0.328 e. The van der Waals surface area contributed by atoms with Crippen LogP contribution in [0, 0.1) is 5.82 Å². The van der Waals surface area contributed by atoms with Crippen LogP contribution in [-0.2, 0) is 17.6 Å². The van der Waals surface area contributed by atoms with Gasteiger partial charge in [-0.3, -0.25) is 0 Å². The van der Waals surface area contributed by atoms with Crippen LogP contribution in [0.1, 0.15) is 23.0 Å². The lowest BCUT2D eigenvalue weighted by Gasteiger charge is -2.14. The predicted octanol–water partition coefficient (Wildman–Crippen LogP) is 2.27. The van der Waals surface area contributed by atoms with E-state index < -0.39 is 12.0 Å². The minimum absolute atomic E-state index is 0.275. The van der Waals surface area contributed by atoms with Crippen LogP contribution in [-0.4, -0.2) is 31.3 Å². The highest BCUT2D eigenvalue weighted by atomic mass is 19.1. The minimum Gasteiger partial charge on any atom is -0.480 e. The van der Waals surface area contributed by atoms with Crippen LogP contribution in [0.2, 0.25) is 0 Å². The largest absolute Gasteiger partial charge is 0.480 e. The third kappa shape index (κ3) is 3.62. The molecule has 1 N–H and O–H groups in total. The standard InChI is InChI=1S/C17H15FN4O2/c18-14-8-6-13(7-9-14)11-16-19-20-21-22(16)15(17(23)24)10-12-4-2-1-3-5-12/h1-9,15H,10-11H2,(H,23,24). The second-order valence-corrected chi connectivity index (χ2v) is 5.39. The number of rotatable bonds is 6. The second-order valence-electron chi connectivity index (χ2n) is 5.39. The molecule has 0 aliphatic rings. The number of nitrogens with zero attached hydrogens (tertiary/aromatic N) is 4. The molecule has 0 aliphatic heterocycles. The van der Waals surface area contributed by atoms with Crippen LogP contribution in [0.15, 0.2) is 54.6 Å². The fourth-order valence-electron chi connectivity index (χ4n) is 2.47. The summed E-state index contributed by atoms with van der Waals surface area (Å²) in [6.45, 7) is 0. The van der Waals surface area contributed by atoms with Crippen molar-refractivity contribution in [3.63, 3.8) is 0 Å². The summed E-state index contributed by atoms with van der Waals surface area (Å²) in [5, 5.41) is 20.9. The molecule has 3 rings (SSSR count). The van der Waals surface area contributed by atoms with Crippen molar-refractivity contribution in [2.45, 2.75) is 18.9 Å². The summed E-state index contributed by atoms with van der Waals surface area (Å²) in [4.78, 5) is 11.7. The van der Waals surface area contributed by atoms with Crippen molar-refractivity contribution in [3.05, 3.63) is 77.4 Å². The molecule has 1 atom stereocenters. The Morgan fingerprint density at radius 1 is 1.08 bits per heavy atom. The lowest BCUT2D eigenvalue weighted by Crippen LogP contribution is -2.24. The van der Waals surface area contributed by atoms with Crippen molar-refractivity contribution in [3.8, 4) is 0 Å². The number of tetrazole rings is 1.